The van der Waals surface area contributed by atoms with Crippen molar-refractivity contribution in [2.45, 2.75) is 38.8 Å². The lowest BCUT2D eigenvalue weighted by Crippen LogP contribution is -2.34. The molecule has 2 rings (SSSR count). The number of likely N-dealkylation sites (N-methyl/N-ethyl adjacent to an activating group) is 1. The summed E-state index contributed by atoms with van der Waals surface area (Å²) in [4.78, 5) is 2.54. The fourth-order valence-electron chi connectivity index (χ4n) is 2.42. The Labute approximate surface area is 126 Å². The van der Waals surface area contributed by atoms with Crippen LogP contribution in [-0.2, 0) is 0 Å². The molecular weight excluding hydrogens is 279 g/mol. The predicted molar refractivity (Wildman–Crippen MR) is 83.1 cm³/mol. The third kappa shape index (κ3) is 4.35. The maximum absolute atomic E-state index is 6.21. The van der Waals surface area contributed by atoms with E-state index in [2.05, 4.69) is 24.1 Å². The molecule has 1 aliphatic carbocycles. The second-order valence-corrected chi connectivity index (χ2v) is 6.05. The summed E-state index contributed by atoms with van der Waals surface area (Å²) in [5.41, 5.74) is 1.07. The monoisotopic (exact) mass is 300 g/mol. The number of hydrogen-bond acceptors (Lipinski definition) is 2. The van der Waals surface area contributed by atoms with Crippen molar-refractivity contribution in [3.05, 3.63) is 33.8 Å². The van der Waals surface area contributed by atoms with Crippen LogP contribution in [0.2, 0.25) is 10.0 Å². The molecule has 4 heteroatoms. The minimum absolute atomic E-state index is 0.226. The summed E-state index contributed by atoms with van der Waals surface area (Å²) in [5, 5.41) is 5.04. The molecule has 1 saturated carbocycles. The average molecular weight is 301 g/mol. The number of rotatable bonds is 7. The summed E-state index contributed by atoms with van der Waals surface area (Å²) >= 11 is 12.2. The van der Waals surface area contributed by atoms with Crippen molar-refractivity contribution < 1.29 is 0 Å². The first kappa shape index (κ1) is 15.1. The van der Waals surface area contributed by atoms with Gasteiger partial charge in [0.05, 0.1) is 0 Å². The van der Waals surface area contributed by atoms with E-state index in [0.29, 0.717) is 0 Å². The highest BCUT2D eigenvalue weighted by Gasteiger charge is 2.27. The standard InChI is InChI=1S/C15H22Cl2N2/c1-3-19(13-5-6-13)9-8-18-11(2)14-10-12(16)4-7-15(14)17/h4,7,10-11,13,18H,3,5-6,8-9H2,1-2H3. The topological polar surface area (TPSA) is 15.3 Å². The Morgan fingerprint density at radius 1 is 1.37 bits per heavy atom. The first-order valence-corrected chi connectivity index (χ1v) is 7.79. The summed E-state index contributed by atoms with van der Waals surface area (Å²) in [6.45, 7) is 7.58. The molecule has 1 aromatic carbocycles. The number of nitrogens with one attached hydrogen (secondary N) is 1. The molecule has 1 fully saturated rings. The van der Waals surface area contributed by atoms with Gasteiger partial charge in [-0.05, 0) is 50.1 Å². The zero-order valence-corrected chi connectivity index (χ0v) is 13.1. The van der Waals surface area contributed by atoms with E-state index in [0.717, 1.165) is 41.3 Å². The molecule has 1 aromatic rings. The lowest BCUT2D eigenvalue weighted by molar-refractivity contribution is 0.273. The normalized spacial score (nSPS) is 16.9. The molecule has 0 aliphatic heterocycles. The van der Waals surface area contributed by atoms with E-state index in [-0.39, 0.29) is 6.04 Å². The maximum Gasteiger partial charge on any atom is 0.0454 e. The fraction of sp³-hybridized carbons (Fsp3) is 0.600. The zero-order valence-electron chi connectivity index (χ0n) is 11.6. The van der Waals surface area contributed by atoms with Crippen LogP contribution in [0.1, 0.15) is 38.3 Å². The van der Waals surface area contributed by atoms with E-state index in [1.165, 1.54) is 12.8 Å². The quantitative estimate of drug-likeness (QED) is 0.814. The van der Waals surface area contributed by atoms with Crippen LogP contribution in [0.4, 0.5) is 0 Å². The van der Waals surface area contributed by atoms with Gasteiger partial charge in [-0.1, -0.05) is 30.1 Å². The first-order valence-electron chi connectivity index (χ1n) is 7.04. The molecule has 0 bridgehead atoms. The van der Waals surface area contributed by atoms with E-state index in [4.69, 9.17) is 23.2 Å². The predicted octanol–water partition coefficient (Wildman–Crippen LogP) is 4.13. The molecule has 0 amide bonds. The molecule has 106 valence electrons. The highest BCUT2D eigenvalue weighted by atomic mass is 35.5. The molecular formula is C15H22Cl2N2. The minimum Gasteiger partial charge on any atom is -0.309 e. The molecule has 1 N–H and O–H groups in total. The van der Waals surface area contributed by atoms with E-state index in [1.807, 2.05) is 18.2 Å². The molecule has 0 radical (unpaired) electrons. The maximum atomic E-state index is 6.21. The third-order valence-corrected chi connectivity index (χ3v) is 4.32. The molecule has 0 spiro atoms. The largest absolute Gasteiger partial charge is 0.309 e. The number of hydrogen-bond donors (Lipinski definition) is 1. The Balaban J connectivity index is 1.83. The van der Waals surface area contributed by atoms with Crippen LogP contribution in [-0.4, -0.2) is 30.6 Å². The van der Waals surface area contributed by atoms with E-state index >= 15 is 0 Å². The molecule has 1 aliphatic rings. The van der Waals surface area contributed by atoms with Gasteiger partial charge in [0.1, 0.15) is 0 Å². The summed E-state index contributed by atoms with van der Waals surface area (Å²) in [5.74, 6) is 0. The van der Waals surface area contributed by atoms with Crippen LogP contribution in [0.15, 0.2) is 18.2 Å². The molecule has 1 unspecified atom stereocenters. The van der Waals surface area contributed by atoms with Crippen LogP contribution < -0.4 is 5.32 Å². The van der Waals surface area contributed by atoms with Crippen LogP contribution in [0, 0.1) is 0 Å². The van der Waals surface area contributed by atoms with Crippen molar-refractivity contribution in [1.82, 2.24) is 10.2 Å². The molecule has 2 nitrogen and oxygen atoms in total. The number of halogens is 2. The Kier molecular flexibility index (Phi) is 5.52. The summed E-state index contributed by atoms with van der Waals surface area (Å²) < 4.78 is 0. The van der Waals surface area contributed by atoms with Gasteiger partial charge in [0.2, 0.25) is 0 Å². The van der Waals surface area contributed by atoms with Gasteiger partial charge >= 0.3 is 0 Å². The molecule has 1 atom stereocenters. The van der Waals surface area contributed by atoms with Crippen LogP contribution in [0.5, 0.6) is 0 Å². The molecule has 19 heavy (non-hydrogen) atoms. The summed E-state index contributed by atoms with van der Waals surface area (Å²) in [6, 6.07) is 6.69. The molecule has 0 aromatic heterocycles. The first-order chi connectivity index (χ1) is 9.11. The van der Waals surface area contributed by atoms with Gasteiger partial charge in [-0.25, -0.2) is 0 Å². The Morgan fingerprint density at radius 3 is 2.74 bits per heavy atom. The van der Waals surface area contributed by atoms with Gasteiger partial charge in [-0.2, -0.15) is 0 Å². The van der Waals surface area contributed by atoms with Gasteiger partial charge in [-0.15, -0.1) is 0 Å². The summed E-state index contributed by atoms with van der Waals surface area (Å²) in [7, 11) is 0. The number of benzene rings is 1. The highest BCUT2D eigenvalue weighted by molar-refractivity contribution is 6.33. The second-order valence-electron chi connectivity index (χ2n) is 5.20. The molecule has 0 heterocycles. The Bertz CT molecular complexity index is 419. The number of nitrogens with zero attached hydrogens (tertiary/aromatic N) is 1. The van der Waals surface area contributed by atoms with Gasteiger partial charge < -0.3 is 5.32 Å². The zero-order chi connectivity index (χ0) is 13.8. The van der Waals surface area contributed by atoms with Gasteiger partial charge in [0.15, 0.2) is 0 Å². The van der Waals surface area contributed by atoms with E-state index < -0.39 is 0 Å². The molecule has 0 saturated heterocycles. The highest BCUT2D eigenvalue weighted by Crippen LogP contribution is 2.27. The van der Waals surface area contributed by atoms with E-state index in [9.17, 15) is 0 Å². The van der Waals surface area contributed by atoms with Crippen LogP contribution >= 0.6 is 23.2 Å². The van der Waals surface area contributed by atoms with Crippen molar-refractivity contribution in [3.63, 3.8) is 0 Å². The average Bonchev–Trinajstić information content (AvgIpc) is 3.21. The van der Waals surface area contributed by atoms with Gasteiger partial charge in [-0.3, -0.25) is 4.90 Å². The lowest BCUT2D eigenvalue weighted by Gasteiger charge is -2.22. The SMILES string of the molecule is CCN(CCNC(C)c1cc(Cl)ccc1Cl)C1CC1. The summed E-state index contributed by atoms with van der Waals surface area (Å²) in [6.07, 6.45) is 2.73. The second kappa shape index (κ2) is 6.94. The van der Waals surface area contributed by atoms with Crippen LogP contribution in [0.3, 0.4) is 0 Å². The Morgan fingerprint density at radius 2 is 2.11 bits per heavy atom. The van der Waals surface area contributed by atoms with Crippen molar-refractivity contribution in [1.29, 1.82) is 0 Å². The van der Waals surface area contributed by atoms with Crippen molar-refractivity contribution in [2.24, 2.45) is 0 Å². The third-order valence-electron chi connectivity index (χ3n) is 3.74. The van der Waals surface area contributed by atoms with Gasteiger partial charge in [0.25, 0.3) is 0 Å². The van der Waals surface area contributed by atoms with Crippen molar-refractivity contribution in [2.75, 3.05) is 19.6 Å². The fourth-order valence-corrected chi connectivity index (χ4v) is 2.88. The lowest BCUT2D eigenvalue weighted by atomic mass is 10.1. The van der Waals surface area contributed by atoms with Crippen molar-refractivity contribution >= 4 is 23.2 Å². The minimum atomic E-state index is 0.226. The van der Waals surface area contributed by atoms with E-state index in [1.54, 1.807) is 0 Å². The van der Waals surface area contributed by atoms with Crippen LogP contribution in [0.25, 0.3) is 0 Å². The van der Waals surface area contributed by atoms with Gasteiger partial charge in [0, 0.05) is 35.2 Å². The van der Waals surface area contributed by atoms with Crippen molar-refractivity contribution in [3.8, 4) is 0 Å². The Hall–Kier alpha value is -0.280. The smallest absolute Gasteiger partial charge is 0.0454 e.